The molecule has 0 bridgehead atoms. The first-order chi connectivity index (χ1) is 12.3. The second kappa shape index (κ2) is 6.52. The molecule has 0 saturated carbocycles. The number of pyridine rings is 3. The van der Waals surface area contributed by atoms with Gasteiger partial charge in [-0.15, -0.1) is 0 Å². The number of H-pyrrole nitrogens is 1. The maximum Gasteiger partial charge on any atom is 0.156 e. The molecule has 0 aliphatic carbocycles. The molecule has 6 nitrogen and oxygen atoms in total. The molecule has 0 aliphatic heterocycles. The number of aromatic nitrogens is 5. The topological polar surface area (TPSA) is 76.6 Å². The number of nitrogens with one attached hydrogen (secondary N) is 1. The molecule has 0 amide bonds. The van der Waals surface area contributed by atoms with Gasteiger partial charge in [0.05, 0.1) is 30.9 Å². The van der Waals surface area contributed by atoms with Gasteiger partial charge in [0.1, 0.15) is 11.4 Å². The van der Waals surface area contributed by atoms with Gasteiger partial charge in [-0.1, -0.05) is 6.07 Å². The highest BCUT2D eigenvalue weighted by Crippen LogP contribution is 2.26. The first kappa shape index (κ1) is 15.0. The summed E-state index contributed by atoms with van der Waals surface area (Å²) >= 11 is 0. The molecule has 0 radical (unpaired) electrons. The molecule has 4 rings (SSSR count). The minimum atomic E-state index is 0.693. The number of methoxy groups -OCH3 is 1. The molecular weight excluding hydrogens is 314 g/mol. The lowest BCUT2D eigenvalue weighted by molar-refractivity contribution is 0.413. The van der Waals surface area contributed by atoms with Crippen molar-refractivity contribution in [3.05, 3.63) is 67.4 Å². The van der Waals surface area contributed by atoms with Crippen LogP contribution in [0, 0.1) is 0 Å². The van der Waals surface area contributed by atoms with E-state index in [9.17, 15) is 0 Å². The van der Waals surface area contributed by atoms with Crippen LogP contribution in [0.15, 0.2) is 67.4 Å². The standard InChI is InChI=1S/C19H15N5O/c1-25-15-8-14(10-20-11-15)13-5-7-22-17(9-13)19-23-12-18(24-19)16-4-2-3-6-21-16/h2-12H,1H3,(H,23,24). The highest BCUT2D eigenvalue weighted by Gasteiger charge is 2.09. The van der Waals surface area contributed by atoms with Crippen LogP contribution in [0.3, 0.4) is 0 Å². The monoisotopic (exact) mass is 329 g/mol. The number of rotatable bonds is 4. The van der Waals surface area contributed by atoms with Crippen molar-refractivity contribution in [2.24, 2.45) is 0 Å². The Morgan fingerprint density at radius 3 is 2.60 bits per heavy atom. The summed E-state index contributed by atoms with van der Waals surface area (Å²) < 4.78 is 5.24. The van der Waals surface area contributed by atoms with Crippen molar-refractivity contribution < 1.29 is 4.74 Å². The van der Waals surface area contributed by atoms with E-state index in [1.165, 1.54) is 0 Å². The number of hydrogen-bond acceptors (Lipinski definition) is 5. The van der Waals surface area contributed by atoms with Crippen LogP contribution >= 0.6 is 0 Å². The van der Waals surface area contributed by atoms with Gasteiger partial charge in [0.2, 0.25) is 0 Å². The number of ether oxygens (including phenoxy) is 1. The van der Waals surface area contributed by atoms with Crippen LogP contribution in [0.25, 0.3) is 34.0 Å². The first-order valence-electron chi connectivity index (χ1n) is 7.76. The third-order valence-electron chi connectivity index (χ3n) is 3.80. The third-order valence-corrected chi connectivity index (χ3v) is 3.80. The van der Waals surface area contributed by atoms with Gasteiger partial charge in [0, 0.05) is 24.2 Å². The van der Waals surface area contributed by atoms with Gasteiger partial charge in [0.15, 0.2) is 5.82 Å². The average Bonchev–Trinajstić information content (AvgIpc) is 3.19. The Labute approximate surface area is 144 Å². The Morgan fingerprint density at radius 2 is 1.76 bits per heavy atom. The summed E-state index contributed by atoms with van der Waals surface area (Å²) in [6, 6.07) is 11.6. The van der Waals surface area contributed by atoms with Gasteiger partial charge in [0.25, 0.3) is 0 Å². The summed E-state index contributed by atoms with van der Waals surface area (Å²) in [6.07, 6.45) is 8.75. The zero-order chi connectivity index (χ0) is 17.1. The van der Waals surface area contributed by atoms with Gasteiger partial charge >= 0.3 is 0 Å². The molecule has 0 spiro atoms. The number of imidazole rings is 1. The number of aromatic amines is 1. The zero-order valence-corrected chi connectivity index (χ0v) is 13.5. The molecule has 122 valence electrons. The van der Waals surface area contributed by atoms with E-state index in [0.717, 1.165) is 28.2 Å². The molecule has 6 heteroatoms. The Morgan fingerprint density at radius 1 is 0.840 bits per heavy atom. The van der Waals surface area contributed by atoms with Crippen molar-refractivity contribution in [2.45, 2.75) is 0 Å². The van der Waals surface area contributed by atoms with Crippen LogP contribution < -0.4 is 4.74 Å². The van der Waals surface area contributed by atoms with Crippen LogP contribution in [0.2, 0.25) is 0 Å². The zero-order valence-electron chi connectivity index (χ0n) is 13.5. The lowest BCUT2D eigenvalue weighted by Crippen LogP contribution is -1.89. The van der Waals surface area contributed by atoms with E-state index in [0.29, 0.717) is 11.6 Å². The predicted octanol–water partition coefficient (Wildman–Crippen LogP) is 3.60. The van der Waals surface area contributed by atoms with Crippen molar-refractivity contribution in [2.75, 3.05) is 7.11 Å². The fraction of sp³-hybridized carbons (Fsp3) is 0.0526. The highest BCUT2D eigenvalue weighted by atomic mass is 16.5. The van der Waals surface area contributed by atoms with Crippen molar-refractivity contribution >= 4 is 0 Å². The van der Waals surface area contributed by atoms with E-state index in [1.807, 2.05) is 36.4 Å². The van der Waals surface area contributed by atoms with Gasteiger partial charge < -0.3 is 9.72 Å². The molecule has 4 aromatic rings. The summed E-state index contributed by atoms with van der Waals surface area (Å²) in [5, 5.41) is 0. The minimum absolute atomic E-state index is 0.693. The van der Waals surface area contributed by atoms with Gasteiger partial charge in [-0.05, 0) is 35.9 Å². The summed E-state index contributed by atoms with van der Waals surface area (Å²) in [6.45, 7) is 0. The Kier molecular flexibility index (Phi) is 3.92. The van der Waals surface area contributed by atoms with E-state index in [-0.39, 0.29) is 0 Å². The summed E-state index contributed by atoms with van der Waals surface area (Å²) in [7, 11) is 1.63. The molecule has 0 aliphatic rings. The third kappa shape index (κ3) is 3.10. The largest absolute Gasteiger partial charge is 0.495 e. The smallest absolute Gasteiger partial charge is 0.156 e. The SMILES string of the molecule is COc1cncc(-c2ccnc(-c3ncc(-c4ccccn4)[nH]3)c2)c1. The van der Waals surface area contributed by atoms with E-state index < -0.39 is 0 Å². The lowest BCUT2D eigenvalue weighted by atomic mass is 10.1. The Balaban J connectivity index is 1.69. The van der Waals surface area contributed by atoms with Gasteiger partial charge in [-0.25, -0.2) is 4.98 Å². The summed E-state index contributed by atoms with van der Waals surface area (Å²) in [5.74, 6) is 1.41. The first-order valence-corrected chi connectivity index (χ1v) is 7.76. The van der Waals surface area contributed by atoms with Crippen LogP contribution in [0.1, 0.15) is 0 Å². The lowest BCUT2D eigenvalue weighted by Gasteiger charge is -2.05. The Bertz CT molecular complexity index is 997. The molecule has 4 heterocycles. The van der Waals surface area contributed by atoms with Crippen molar-refractivity contribution in [3.63, 3.8) is 0 Å². The molecule has 1 N–H and O–H groups in total. The number of hydrogen-bond donors (Lipinski definition) is 1. The maximum absolute atomic E-state index is 5.24. The van der Waals surface area contributed by atoms with Crippen molar-refractivity contribution in [1.82, 2.24) is 24.9 Å². The molecule has 4 aromatic heterocycles. The molecule has 0 unspecified atom stereocenters. The second-order valence-electron chi connectivity index (χ2n) is 5.40. The van der Waals surface area contributed by atoms with Gasteiger partial charge in [-0.2, -0.15) is 0 Å². The Hall–Kier alpha value is -3.54. The van der Waals surface area contributed by atoms with E-state index in [4.69, 9.17) is 4.74 Å². The molecular formula is C19H15N5O. The predicted molar refractivity (Wildman–Crippen MR) is 94.8 cm³/mol. The molecule has 0 atom stereocenters. The maximum atomic E-state index is 5.24. The van der Waals surface area contributed by atoms with Crippen LogP contribution in [0.5, 0.6) is 5.75 Å². The average molecular weight is 329 g/mol. The van der Waals surface area contributed by atoms with E-state index in [2.05, 4.69) is 24.9 Å². The summed E-state index contributed by atoms with van der Waals surface area (Å²) in [4.78, 5) is 20.6. The molecule has 0 fully saturated rings. The van der Waals surface area contributed by atoms with Gasteiger partial charge in [-0.3, -0.25) is 15.0 Å². The molecule has 25 heavy (non-hydrogen) atoms. The summed E-state index contributed by atoms with van der Waals surface area (Å²) in [5.41, 5.74) is 4.40. The van der Waals surface area contributed by atoms with Crippen LogP contribution in [0.4, 0.5) is 0 Å². The van der Waals surface area contributed by atoms with Crippen LogP contribution in [-0.2, 0) is 0 Å². The van der Waals surface area contributed by atoms with E-state index in [1.54, 1.807) is 38.1 Å². The fourth-order valence-corrected chi connectivity index (χ4v) is 2.53. The quantitative estimate of drug-likeness (QED) is 0.619. The fourth-order valence-electron chi connectivity index (χ4n) is 2.53. The minimum Gasteiger partial charge on any atom is -0.495 e. The second-order valence-corrected chi connectivity index (χ2v) is 5.40. The van der Waals surface area contributed by atoms with Crippen molar-refractivity contribution in [3.8, 4) is 39.8 Å². The highest BCUT2D eigenvalue weighted by molar-refractivity contribution is 5.69. The van der Waals surface area contributed by atoms with Crippen LogP contribution in [-0.4, -0.2) is 32.0 Å². The normalized spacial score (nSPS) is 10.6. The molecule has 0 saturated heterocycles. The molecule has 0 aromatic carbocycles. The number of nitrogens with zero attached hydrogens (tertiary/aromatic N) is 4. The van der Waals surface area contributed by atoms with E-state index >= 15 is 0 Å². The van der Waals surface area contributed by atoms with Crippen molar-refractivity contribution in [1.29, 1.82) is 0 Å².